The number of nitrogens with one attached hydrogen (secondary N) is 2. The van der Waals surface area contributed by atoms with E-state index < -0.39 is 17.6 Å². The summed E-state index contributed by atoms with van der Waals surface area (Å²) < 4.78 is 15.3. The largest absolute Gasteiger partial charge is 0.347 e. The normalized spacial score (nSPS) is 10.9. The lowest BCUT2D eigenvalue weighted by Gasteiger charge is -2.07. The predicted molar refractivity (Wildman–Crippen MR) is 113 cm³/mol. The SMILES string of the molecule is Cc1ccc(-c2nc3scc(CCNC(=O)C(=O)Nc4ccccc4F)n3n2)cc1. The van der Waals surface area contributed by atoms with Gasteiger partial charge in [0.15, 0.2) is 5.82 Å². The molecule has 2 heterocycles. The Bertz CT molecular complexity index is 1220. The first-order chi connectivity index (χ1) is 14.5. The van der Waals surface area contributed by atoms with Gasteiger partial charge >= 0.3 is 11.8 Å². The van der Waals surface area contributed by atoms with Gasteiger partial charge in [-0.25, -0.2) is 8.91 Å². The number of para-hydroxylation sites is 1. The van der Waals surface area contributed by atoms with Crippen molar-refractivity contribution in [3.05, 3.63) is 71.0 Å². The maximum absolute atomic E-state index is 13.6. The van der Waals surface area contributed by atoms with E-state index in [4.69, 9.17) is 0 Å². The smallest absolute Gasteiger partial charge is 0.313 e. The minimum absolute atomic E-state index is 0.0385. The number of anilines is 1. The van der Waals surface area contributed by atoms with Crippen LogP contribution in [0.25, 0.3) is 16.3 Å². The van der Waals surface area contributed by atoms with Crippen molar-refractivity contribution in [3.8, 4) is 11.4 Å². The molecule has 0 saturated heterocycles. The summed E-state index contributed by atoms with van der Waals surface area (Å²) in [6.45, 7) is 2.25. The van der Waals surface area contributed by atoms with Gasteiger partial charge in [0.1, 0.15) is 5.82 Å². The van der Waals surface area contributed by atoms with Crippen molar-refractivity contribution in [2.75, 3.05) is 11.9 Å². The van der Waals surface area contributed by atoms with Gasteiger partial charge in [-0.05, 0) is 19.1 Å². The van der Waals surface area contributed by atoms with Crippen LogP contribution in [0.3, 0.4) is 0 Å². The van der Waals surface area contributed by atoms with Crippen LogP contribution >= 0.6 is 11.3 Å². The molecule has 0 fully saturated rings. The molecule has 0 aliphatic heterocycles. The first-order valence-corrected chi connectivity index (χ1v) is 10.1. The highest BCUT2D eigenvalue weighted by Crippen LogP contribution is 2.21. The molecule has 2 aromatic heterocycles. The standard InChI is InChI=1S/C21H18FN5O2S/c1-13-6-8-14(9-7-13)18-25-21-27(26-18)15(12-30-21)10-11-23-19(28)20(29)24-17-5-3-2-4-16(17)22/h2-9,12H,10-11H2,1H3,(H,23,28)(H,24,29). The lowest BCUT2D eigenvalue weighted by molar-refractivity contribution is -0.136. The molecule has 0 aliphatic rings. The van der Waals surface area contributed by atoms with Crippen LogP contribution in [0.5, 0.6) is 0 Å². The summed E-state index contributed by atoms with van der Waals surface area (Å²) in [7, 11) is 0. The summed E-state index contributed by atoms with van der Waals surface area (Å²) in [5.41, 5.74) is 2.93. The maximum Gasteiger partial charge on any atom is 0.313 e. The van der Waals surface area contributed by atoms with Gasteiger partial charge in [0.2, 0.25) is 4.96 Å². The molecule has 2 N–H and O–H groups in total. The minimum atomic E-state index is -0.919. The zero-order valence-corrected chi connectivity index (χ0v) is 16.9. The summed E-state index contributed by atoms with van der Waals surface area (Å²) in [5, 5.41) is 11.3. The Kier molecular flexibility index (Phi) is 5.53. The minimum Gasteiger partial charge on any atom is -0.347 e. The van der Waals surface area contributed by atoms with Crippen molar-refractivity contribution >= 4 is 33.8 Å². The predicted octanol–water partition coefficient (Wildman–Crippen LogP) is 3.20. The van der Waals surface area contributed by atoms with Crippen molar-refractivity contribution in [1.29, 1.82) is 0 Å². The van der Waals surface area contributed by atoms with Gasteiger partial charge in [0.25, 0.3) is 0 Å². The van der Waals surface area contributed by atoms with Gasteiger partial charge in [0.05, 0.1) is 11.4 Å². The molecule has 4 rings (SSSR count). The van der Waals surface area contributed by atoms with Crippen LogP contribution in [-0.2, 0) is 16.0 Å². The number of fused-ring (bicyclic) bond motifs is 1. The summed E-state index contributed by atoms with van der Waals surface area (Å²) in [4.78, 5) is 29.2. The number of rotatable bonds is 5. The summed E-state index contributed by atoms with van der Waals surface area (Å²) in [6.07, 6.45) is 0.468. The van der Waals surface area contributed by atoms with Crippen LogP contribution in [0, 0.1) is 12.7 Å². The molecule has 4 aromatic rings. The van der Waals surface area contributed by atoms with E-state index in [0.29, 0.717) is 12.2 Å². The molecule has 2 amide bonds. The van der Waals surface area contributed by atoms with Crippen molar-refractivity contribution in [1.82, 2.24) is 19.9 Å². The Morgan fingerprint density at radius 1 is 1.10 bits per heavy atom. The van der Waals surface area contributed by atoms with Gasteiger partial charge in [0, 0.05) is 23.9 Å². The van der Waals surface area contributed by atoms with Crippen LogP contribution in [0.4, 0.5) is 10.1 Å². The van der Waals surface area contributed by atoms with E-state index in [1.165, 1.54) is 29.5 Å². The summed E-state index contributed by atoms with van der Waals surface area (Å²) >= 11 is 1.46. The van der Waals surface area contributed by atoms with Gasteiger partial charge < -0.3 is 10.6 Å². The second-order valence-electron chi connectivity index (χ2n) is 6.66. The van der Waals surface area contributed by atoms with Crippen LogP contribution in [0.2, 0.25) is 0 Å². The highest BCUT2D eigenvalue weighted by molar-refractivity contribution is 7.15. The lowest BCUT2D eigenvalue weighted by Crippen LogP contribution is -2.36. The Morgan fingerprint density at radius 2 is 1.87 bits per heavy atom. The molecule has 30 heavy (non-hydrogen) atoms. The van der Waals surface area contributed by atoms with Crippen molar-refractivity contribution < 1.29 is 14.0 Å². The molecule has 0 saturated carbocycles. The molecule has 152 valence electrons. The molecule has 0 bridgehead atoms. The first-order valence-electron chi connectivity index (χ1n) is 9.25. The molecular formula is C21H18FN5O2S. The molecule has 2 aromatic carbocycles. The third kappa shape index (κ3) is 4.20. The summed E-state index contributed by atoms with van der Waals surface area (Å²) in [5.74, 6) is -1.71. The third-order valence-corrected chi connectivity index (χ3v) is 5.32. The zero-order valence-electron chi connectivity index (χ0n) is 16.1. The molecule has 9 heteroatoms. The molecular weight excluding hydrogens is 405 g/mol. The number of thiazole rings is 1. The molecule has 0 spiro atoms. The Morgan fingerprint density at radius 3 is 2.63 bits per heavy atom. The Balaban J connectivity index is 1.37. The van der Waals surface area contributed by atoms with E-state index in [2.05, 4.69) is 20.7 Å². The highest BCUT2D eigenvalue weighted by atomic mass is 32.1. The monoisotopic (exact) mass is 423 g/mol. The number of amides is 2. The summed E-state index contributed by atoms with van der Waals surface area (Å²) in [6, 6.07) is 13.6. The Labute approximate surface area is 175 Å². The third-order valence-electron chi connectivity index (χ3n) is 4.45. The number of hydrogen-bond donors (Lipinski definition) is 2. The van der Waals surface area contributed by atoms with E-state index in [1.54, 1.807) is 10.6 Å². The van der Waals surface area contributed by atoms with Crippen LogP contribution in [0.1, 0.15) is 11.3 Å². The van der Waals surface area contributed by atoms with Gasteiger partial charge in [-0.3, -0.25) is 9.59 Å². The fraction of sp³-hybridized carbons (Fsp3) is 0.143. The number of nitrogens with zero attached hydrogens (tertiary/aromatic N) is 3. The first kappa shape index (κ1) is 19.7. The lowest BCUT2D eigenvalue weighted by atomic mass is 10.1. The van der Waals surface area contributed by atoms with E-state index in [9.17, 15) is 14.0 Å². The number of aryl methyl sites for hydroxylation is 1. The average Bonchev–Trinajstić information content (AvgIpc) is 3.32. The van der Waals surface area contributed by atoms with Crippen LogP contribution < -0.4 is 10.6 Å². The second-order valence-corrected chi connectivity index (χ2v) is 7.50. The number of carbonyl (C=O) groups excluding carboxylic acids is 2. The molecule has 7 nitrogen and oxygen atoms in total. The van der Waals surface area contributed by atoms with E-state index in [-0.39, 0.29) is 12.2 Å². The fourth-order valence-corrected chi connectivity index (χ4v) is 3.70. The van der Waals surface area contributed by atoms with Crippen molar-refractivity contribution in [2.24, 2.45) is 0 Å². The molecule has 0 aliphatic carbocycles. The molecule has 0 atom stereocenters. The fourth-order valence-electron chi connectivity index (χ4n) is 2.85. The molecule has 0 radical (unpaired) electrons. The van der Waals surface area contributed by atoms with Crippen molar-refractivity contribution in [2.45, 2.75) is 13.3 Å². The topological polar surface area (TPSA) is 88.4 Å². The van der Waals surface area contributed by atoms with Crippen LogP contribution in [0.15, 0.2) is 53.9 Å². The number of benzene rings is 2. The number of carbonyl (C=O) groups is 2. The average molecular weight is 423 g/mol. The Hall–Kier alpha value is -3.59. The van der Waals surface area contributed by atoms with E-state index >= 15 is 0 Å². The quantitative estimate of drug-likeness (QED) is 0.483. The number of halogens is 1. The number of hydrogen-bond acceptors (Lipinski definition) is 5. The maximum atomic E-state index is 13.6. The van der Waals surface area contributed by atoms with E-state index in [1.807, 2.05) is 36.6 Å². The zero-order chi connectivity index (χ0) is 21.1. The van der Waals surface area contributed by atoms with Gasteiger partial charge in [-0.1, -0.05) is 42.0 Å². The van der Waals surface area contributed by atoms with Crippen molar-refractivity contribution in [3.63, 3.8) is 0 Å². The van der Waals surface area contributed by atoms with Gasteiger partial charge in [-0.15, -0.1) is 16.4 Å². The van der Waals surface area contributed by atoms with Gasteiger partial charge in [-0.2, -0.15) is 4.98 Å². The van der Waals surface area contributed by atoms with E-state index in [0.717, 1.165) is 21.8 Å². The number of aromatic nitrogens is 3. The molecule has 0 unspecified atom stereocenters. The second kappa shape index (κ2) is 8.42. The highest BCUT2D eigenvalue weighted by Gasteiger charge is 2.16. The van der Waals surface area contributed by atoms with Crippen LogP contribution in [-0.4, -0.2) is 33.0 Å².